The molecule has 0 spiro atoms. The van der Waals surface area contributed by atoms with Gasteiger partial charge in [-0.3, -0.25) is 19.2 Å². The van der Waals surface area contributed by atoms with E-state index in [9.17, 15) is 24.3 Å². The van der Waals surface area contributed by atoms with Gasteiger partial charge in [-0.1, -0.05) is 18.6 Å². The number of nitrogens with two attached hydrogens (primary N) is 2. The summed E-state index contributed by atoms with van der Waals surface area (Å²) >= 11 is 1.47. The Labute approximate surface area is 209 Å². The molecule has 196 valence electrons. The number of unbranched alkanes of at least 4 members (excludes halogenated alkanes) is 1. The number of aliphatic carboxylic acids is 1. The highest BCUT2D eigenvalue weighted by molar-refractivity contribution is 7.98. The molecule has 0 saturated carbocycles. The number of rotatable bonds is 16. The second-order valence-corrected chi connectivity index (χ2v) is 9.22. The molecule has 0 fully saturated rings. The summed E-state index contributed by atoms with van der Waals surface area (Å²) in [6.07, 6.45) is 4.00. The van der Waals surface area contributed by atoms with Crippen molar-refractivity contribution in [3.8, 4) is 5.75 Å². The Hall–Kier alpha value is -2.83. The normalized spacial score (nSPS) is 14.3. The topological polar surface area (TPSA) is 197 Å². The number of carbonyl (C=O) groups is 4. The van der Waals surface area contributed by atoms with Crippen LogP contribution in [0.1, 0.15) is 38.2 Å². The van der Waals surface area contributed by atoms with Crippen LogP contribution in [-0.4, -0.2) is 76.6 Å². The van der Waals surface area contributed by atoms with Gasteiger partial charge in [-0.2, -0.15) is 11.8 Å². The second-order valence-electron chi connectivity index (χ2n) is 8.23. The number of nitrogens with one attached hydrogen (secondary N) is 3. The molecule has 0 aliphatic rings. The molecule has 1 rings (SSSR count). The molecular formula is C23H37N5O6S. The van der Waals surface area contributed by atoms with E-state index in [4.69, 9.17) is 16.6 Å². The standard InChI is InChI=1S/C23H37N5O6S/c1-14(23(33)34)26-21(31)18(10-12-35-2)27-22(32)19(13-15-6-8-16(29)9-7-15)28-20(30)17(25)5-3-4-11-24/h6-9,14,17-19,29H,3-5,10-13,24-25H2,1-2H3,(H,26,31)(H,27,32)(H,28,30)(H,33,34). The molecular weight excluding hydrogens is 474 g/mol. The van der Waals surface area contributed by atoms with Crippen LogP contribution in [-0.2, 0) is 25.6 Å². The summed E-state index contributed by atoms with van der Waals surface area (Å²) in [5, 5.41) is 26.3. The van der Waals surface area contributed by atoms with Crippen LogP contribution in [0.3, 0.4) is 0 Å². The van der Waals surface area contributed by atoms with Crippen LogP contribution >= 0.6 is 11.8 Å². The Kier molecular flexibility index (Phi) is 13.8. The molecule has 1 aromatic carbocycles. The zero-order valence-corrected chi connectivity index (χ0v) is 21.0. The maximum atomic E-state index is 13.2. The van der Waals surface area contributed by atoms with Crippen LogP contribution in [0, 0.1) is 0 Å². The summed E-state index contributed by atoms with van der Waals surface area (Å²) in [5.74, 6) is -2.34. The zero-order valence-electron chi connectivity index (χ0n) is 20.2. The first-order valence-corrected chi connectivity index (χ1v) is 12.8. The molecule has 3 amide bonds. The van der Waals surface area contributed by atoms with Crippen molar-refractivity contribution in [1.82, 2.24) is 16.0 Å². The van der Waals surface area contributed by atoms with Gasteiger partial charge in [0.05, 0.1) is 6.04 Å². The Bertz CT molecular complexity index is 838. The minimum atomic E-state index is -1.20. The van der Waals surface area contributed by atoms with E-state index in [1.165, 1.54) is 30.8 Å². The molecule has 0 heterocycles. The van der Waals surface area contributed by atoms with Crippen molar-refractivity contribution in [3.63, 3.8) is 0 Å². The van der Waals surface area contributed by atoms with E-state index in [0.717, 1.165) is 6.42 Å². The van der Waals surface area contributed by atoms with Gasteiger partial charge in [0.15, 0.2) is 0 Å². The van der Waals surface area contributed by atoms with Crippen LogP contribution in [0.15, 0.2) is 24.3 Å². The number of hydrogen-bond donors (Lipinski definition) is 7. The Balaban J connectivity index is 3.02. The van der Waals surface area contributed by atoms with Gasteiger partial charge >= 0.3 is 5.97 Å². The van der Waals surface area contributed by atoms with Crippen LogP contribution in [0.2, 0.25) is 0 Å². The van der Waals surface area contributed by atoms with Crippen molar-refractivity contribution in [2.24, 2.45) is 11.5 Å². The van der Waals surface area contributed by atoms with Crippen LogP contribution in [0.25, 0.3) is 0 Å². The summed E-state index contributed by atoms with van der Waals surface area (Å²) in [6.45, 7) is 1.81. The summed E-state index contributed by atoms with van der Waals surface area (Å²) in [4.78, 5) is 49.6. The first-order chi connectivity index (χ1) is 16.6. The lowest BCUT2D eigenvalue weighted by atomic mass is 10.0. The number of phenols is 1. The highest BCUT2D eigenvalue weighted by Crippen LogP contribution is 2.12. The molecule has 1 aromatic rings. The smallest absolute Gasteiger partial charge is 0.325 e. The van der Waals surface area contributed by atoms with E-state index >= 15 is 0 Å². The number of amides is 3. The first kappa shape index (κ1) is 30.2. The molecule has 0 bridgehead atoms. The van der Waals surface area contributed by atoms with Gasteiger partial charge in [0, 0.05) is 6.42 Å². The largest absolute Gasteiger partial charge is 0.508 e. The summed E-state index contributed by atoms with van der Waals surface area (Å²) in [7, 11) is 0. The van der Waals surface area contributed by atoms with Crippen molar-refractivity contribution in [2.45, 2.75) is 63.2 Å². The molecule has 0 aliphatic heterocycles. The van der Waals surface area contributed by atoms with Gasteiger partial charge in [0.2, 0.25) is 17.7 Å². The van der Waals surface area contributed by atoms with E-state index in [-0.39, 0.29) is 18.6 Å². The number of phenolic OH excluding ortho intramolecular Hbond substituents is 1. The summed E-state index contributed by atoms with van der Waals surface area (Å²) in [6, 6.07) is 2.17. The molecule has 11 nitrogen and oxygen atoms in total. The molecule has 4 atom stereocenters. The number of benzene rings is 1. The highest BCUT2D eigenvalue weighted by atomic mass is 32.2. The average Bonchev–Trinajstić information content (AvgIpc) is 2.82. The van der Waals surface area contributed by atoms with Crippen LogP contribution < -0.4 is 27.4 Å². The molecule has 0 aliphatic carbocycles. The number of aromatic hydroxyl groups is 1. The van der Waals surface area contributed by atoms with Crippen LogP contribution in [0.4, 0.5) is 0 Å². The highest BCUT2D eigenvalue weighted by Gasteiger charge is 2.29. The summed E-state index contributed by atoms with van der Waals surface area (Å²) < 4.78 is 0. The van der Waals surface area contributed by atoms with Crippen molar-refractivity contribution in [2.75, 3.05) is 18.6 Å². The molecule has 35 heavy (non-hydrogen) atoms. The van der Waals surface area contributed by atoms with Crippen molar-refractivity contribution in [1.29, 1.82) is 0 Å². The maximum Gasteiger partial charge on any atom is 0.325 e. The maximum absolute atomic E-state index is 13.2. The number of thioether (sulfide) groups is 1. The minimum absolute atomic E-state index is 0.0575. The van der Waals surface area contributed by atoms with E-state index in [2.05, 4.69) is 16.0 Å². The van der Waals surface area contributed by atoms with Gasteiger partial charge < -0.3 is 37.6 Å². The minimum Gasteiger partial charge on any atom is -0.508 e. The number of carboxylic acids is 1. The SMILES string of the molecule is CSCCC(NC(=O)C(Cc1ccc(O)cc1)NC(=O)C(N)CCCCN)C(=O)NC(C)C(=O)O. The Morgan fingerprint density at radius 1 is 0.943 bits per heavy atom. The van der Waals surface area contributed by atoms with E-state index in [1.807, 2.05) is 6.26 Å². The third-order valence-corrected chi connectivity index (χ3v) is 5.93. The van der Waals surface area contributed by atoms with Crippen molar-refractivity contribution >= 4 is 35.5 Å². The molecule has 0 radical (unpaired) electrons. The van der Waals surface area contributed by atoms with E-state index in [1.54, 1.807) is 12.1 Å². The Morgan fingerprint density at radius 2 is 1.54 bits per heavy atom. The number of carboxylic acid groups (broad SMARTS) is 1. The van der Waals surface area contributed by atoms with Crippen molar-refractivity contribution < 1.29 is 29.4 Å². The first-order valence-electron chi connectivity index (χ1n) is 11.4. The fourth-order valence-electron chi connectivity index (χ4n) is 3.15. The molecule has 0 saturated heterocycles. The lowest BCUT2D eigenvalue weighted by Crippen LogP contribution is -2.57. The van der Waals surface area contributed by atoms with E-state index in [0.29, 0.717) is 30.7 Å². The third-order valence-electron chi connectivity index (χ3n) is 5.29. The Morgan fingerprint density at radius 3 is 2.11 bits per heavy atom. The second kappa shape index (κ2) is 16.0. The lowest BCUT2D eigenvalue weighted by molar-refractivity contribution is -0.141. The predicted molar refractivity (Wildman–Crippen MR) is 135 cm³/mol. The third kappa shape index (κ3) is 11.4. The molecule has 4 unspecified atom stereocenters. The van der Waals surface area contributed by atoms with Gasteiger partial charge in [0.1, 0.15) is 23.9 Å². The molecule has 12 heteroatoms. The molecule has 9 N–H and O–H groups in total. The van der Waals surface area contributed by atoms with Crippen molar-refractivity contribution in [3.05, 3.63) is 29.8 Å². The number of hydrogen-bond acceptors (Lipinski definition) is 8. The van der Waals surface area contributed by atoms with Crippen LogP contribution in [0.5, 0.6) is 5.75 Å². The monoisotopic (exact) mass is 511 g/mol. The fourth-order valence-corrected chi connectivity index (χ4v) is 3.62. The lowest BCUT2D eigenvalue weighted by Gasteiger charge is -2.25. The quantitative estimate of drug-likeness (QED) is 0.146. The van der Waals surface area contributed by atoms with E-state index < -0.39 is 47.9 Å². The van der Waals surface area contributed by atoms with Gasteiger partial charge in [0.25, 0.3) is 0 Å². The molecule has 0 aromatic heterocycles. The summed E-state index contributed by atoms with van der Waals surface area (Å²) in [5.41, 5.74) is 12.1. The van der Waals surface area contributed by atoms with Gasteiger partial charge in [-0.05, 0) is 62.4 Å². The number of carbonyl (C=O) groups excluding carboxylic acids is 3. The van der Waals surface area contributed by atoms with Gasteiger partial charge in [-0.15, -0.1) is 0 Å². The zero-order chi connectivity index (χ0) is 26.4. The predicted octanol–water partition coefficient (Wildman–Crippen LogP) is -0.297. The fraction of sp³-hybridized carbons (Fsp3) is 0.565. The average molecular weight is 512 g/mol. The van der Waals surface area contributed by atoms with Gasteiger partial charge in [-0.25, -0.2) is 0 Å².